The highest BCUT2D eigenvalue weighted by Gasteiger charge is 2.32. The minimum Gasteiger partial charge on any atom is -0.466 e. The van der Waals surface area contributed by atoms with Gasteiger partial charge in [0.05, 0.1) is 22.9 Å². The molecular formula is C20H19F3N4O2S. The van der Waals surface area contributed by atoms with Gasteiger partial charge in [-0.05, 0) is 43.2 Å². The first kappa shape index (κ1) is 21.7. The van der Waals surface area contributed by atoms with Crippen LogP contribution >= 0.6 is 11.3 Å². The van der Waals surface area contributed by atoms with E-state index in [9.17, 15) is 18.0 Å². The number of thiazole rings is 1. The second-order valence-electron chi connectivity index (χ2n) is 6.40. The third kappa shape index (κ3) is 5.76. The number of ether oxygens (including phenoxy) is 1. The Labute approximate surface area is 175 Å². The third-order valence-corrected chi connectivity index (χ3v) is 5.07. The first-order valence-electron chi connectivity index (χ1n) is 9.14. The summed E-state index contributed by atoms with van der Waals surface area (Å²) < 4.78 is 43.5. The number of rotatable bonds is 7. The highest BCUT2D eigenvalue weighted by Crippen LogP contribution is 2.31. The van der Waals surface area contributed by atoms with Gasteiger partial charge in [-0.3, -0.25) is 4.79 Å². The van der Waals surface area contributed by atoms with Gasteiger partial charge < -0.3 is 10.1 Å². The average Bonchev–Trinajstić information content (AvgIpc) is 3.15. The Morgan fingerprint density at radius 3 is 2.77 bits per heavy atom. The van der Waals surface area contributed by atoms with E-state index in [2.05, 4.69) is 20.3 Å². The first-order chi connectivity index (χ1) is 14.2. The van der Waals surface area contributed by atoms with Crippen molar-refractivity contribution < 1.29 is 22.7 Å². The number of hydrogen-bond donors (Lipinski definition) is 1. The van der Waals surface area contributed by atoms with Crippen LogP contribution in [-0.2, 0) is 22.1 Å². The molecule has 0 amide bonds. The number of aromatic nitrogens is 3. The molecule has 0 unspecified atom stereocenters. The molecule has 0 fully saturated rings. The summed E-state index contributed by atoms with van der Waals surface area (Å²) >= 11 is 1.45. The fraction of sp³-hybridized carbons (Fsp3) is 0.300. The zero-order valence-electron chi connectivity index (χ0n) is 16.3. The molecule has 2 aromatic heterocycles. The van der Waals surface area contributed by atoms with Gasteiger partial charge in [0.15, 0.2) is 0 Å². The van der Waals surface area contributed by atoms with E-state index in [1.54, 1.807) is 25.3 Å². The molecule has 2 heterocycles. The SMILES string of the molecule is CCOC(=O)CCc1ncc(-c2cc(C)cc(Nc3nccc(C(F)(F)F)n3)c2)s1. The van der Waals surface area contributed by atoms with E-state index in [-0.39, 0.29) is 18.3 Å². The van der Waals surface area contributed by atoms with Crippen LogP contribution in [0.5, 0.6) is 0 Å². The summed E-state index contributed by atoms with van der Waals surface area (Å²) in [6.07, 6.45) is -1.02. The molecule has 0 aliphatic heterocycles. The van der Waals surface area contributed by atoms with E-state index in [0.717, 1.165) is 33.3 Å². The van der Waals surface area contributed by atoms with E-state index in [1.807, 2.05) is 13.0 Å². The van der Waals surface area contributed by atoms with E-state index >= 15 is 0 Å². The number of aryl methyl sites for hydroxylation is 2. The van der Waals surface area contributed by atoms with Crippen LogP contribution < -0.4 is 5.32 Å². The van der Waals surface area contributed by atoms with Gasteiger partial charge in [-0.15, -0.1) is 11.3 Å². The normalized spacial score (nSPS) is 11.4. The van der Waals surface area contributed by atoms with Crippen molar-refractivity contribution in [3.8, 4) is 10.4 Å². The van der Waals surface area contributed by atoms with E-state index < -0.39 is 11.9 Å². The summed E-state index contributed by atoms with van der Waals surface area (Å²) in [5, 5.41) is 3.63. The Bertz CT molecular complexity index is 1040. The van der Waals surface area contributed by atoms with Gasteiger partial charge in [0.2, 0.25) is 5.95 Å². The molecule has 0 spiro atoms. The first-order valence-corrected chi connectivity index (χ1v) is 9.96. The third-order valence-electron chi connectivity index (χ3n) is 3.97. The molecule has 3 rings (SSSR count). The highest BCUT2D eigenvalue weighted by atomic mass is 32.1. The lowest BCUT2D eigenvalue weighted by Crippen LogP contribution is -2.10. The predicted octanol–water partition coefficient (Wildman–Crippen LogP) is 5.17. The maximum Gasteiger partial charge on any atom is 0.433 e. The van der Waals surface area contributed by atoms with Crippen LogP contribution in [0.25, 0.3) is 10.4 Å². The maximum atomic E-state index is 12.9. The molecule has 1 aromatic carbocycles. The summed E-state index contributed by atoms with van der Waals surface area (Å²) in [6, 6.07) is 6.35. The van der Waals surface area contributed by atoms with E-state index in [4.69, 9.17) is 4.74 Å². The smallest absolute Gasteiger partial charge is 0.433 e. The van der Waals surface area contributed by atoms with Crippen LogP contribution in [0.15, 0.2) is 36.7 Å². The van der Waals surface area contributed by atoms with Crippen LogP contribution in [0.4, 0.5) is 24.8 Å². The number of anilines is 2. The molecule has 1 N–H and O–H groups in total. The van der Waals surface area contributed by atoms with Gasteiger partial charge in [0, 0.05) is 24.5 Å². The Kier molecular flexibility index (Phi) is 6.66. The Morgan fingerprint density at radius 1 is 1.23 bits per heavy atom. The number of benzene rings is 1. The standard InChI is InChI=1S/C20H19F3N4O2S/c1-3-29-18(28)5-4-17-25-11-15(30-17)13-8-12(2)9-14(10-13)26-19-24-7-6-16(27-19)20(21,22)23/h6-11H,3-5H2,1-2H3,(H,24,26,27). The molecule has 0 aliphatic rings. The van der Waals surface area contributed by atoms with Crippen molar-refractivity contribution in [2.75, 3.05) is 11.9 Å². The highest BCUT2D eigenvalue weighted by molar-refractivity contribution is 7.15. The zero-order valence-corrected chi connectivity index (χ0v) is 17.1. The molecule has 0 saturated heterocycles. The number of alkyl halides is 3. The van der Waals surface area contributed by atoms with Crippen LogP contribution in [-0.4, -0.2) is 27.5 Å². The van der Waals surface area contributed by atoms with Gasteiger partial charge in [-0.2, -0.15) is 13.2 Å². The van der Waals surface area contributed by atoms with Crippen molar-refractivity contribution in [3.05, 3.63) is 52.9 Å². The zero-order chi connectivity index (χ0) is 21.7. The number of hydrogen-bond acceptors (Lipinski definition) is 7. The lowest BCUT2D eigenvalue weighted by molar-refractivity contribution is -0.143. The van der Waals surface area contributed by atoms with Crippen molar-refractivity contribution in [2.24, 2.45) is 0 Å². The van der Waals surface area contributed by atoms with Gasteiger partial charge in [0.25, 0.3) is 0 Å². The topological polar surface area (TPSA) is 77.0 Å². The number of halogens is 3. The summed E-state index contributed by atoms with van der Waals surface area (Å²) in [5.74, 6) is -0.404. The van der Waals surface area contributed by atoms with Crippen LogP contribution in [0.2, 0.25) is 0 Å². The molecule has 0 radical (unpaired) electrons. The summed E-state index contributed by atoms with van der Waals surface area (Å²) in [7, 11) is 0. The summed E-state index contributed by atoms with van der Waals surface area (Å²) in [5.41, 5.74) is 1.31. The minimum atomic E-state index is -4.54. The summed E-state index contributed by atoms with van der Waals surface area (Å²) in [6.45, 7) is 3.98. The number of carbonyl (C=O) groups is 1. The Morgan fingerprint density at radius 2 is 2.03 bits per heavy atom. The van der Waals surface area contributed by atoms with Gasteiger partial charge >= 0.3 is 12.1 Å². The average molecular weight is 436 g/mol. The second-order valence-corrected chi connectivity index (χ2v) is 7.51. The molecule has 3 aromatic rings. The van der Waals surface area contributed by atoms with Crippen molar-refractivity contribution in [2.45, 2.75) is 32.9 Å². The molecule has 0 saturated carbocycles. The van der Waals surface area contributed by atoms with Gasteiger partial charge in [-0.1, -0.05) is 6.07 Å². The second kappa shape index (κ2) is 9.21. The lowest BCUT2D eigenvalue weighted by Gasteiger charge is -2.10. The number of nitrogens with one attached hydrogen (secondary N) is 1. The molecule has 10 heteroatoms. The fourth-order valence-corrected chi connectivity index (χ4v) is 3.61. The van der Waals surface area contributed by atoms with Crippen molar-refractivity contribution in [1.82, 2.24) is 15.0 Å². The number of carbonyl (C=O) groups excluding carboxylic acids is 1. The number of esters is 1. The summed E-state index contributed by atoms with van der Waals surface area (Å²) in [4.78, 5) is 24.1. The molecule has 0 bridgehead atoms. The molecular weight excluding hydrogens is 417 g/mol. The lowest BCUT2D eigenvalue weighted by atomic mass is 10.1. The molecule has 0 atom stereocenters. The fourth-order valence-electron chi connectivity index (χ4n) is 2.70. The number of nitrogens with zero attached hydrogens (tertiary/aromatic N) is 3. The monoisotopic (exact) mass is 436 g/mol. The van der Waals surface area contributed by atoms with Crippen LogP contribution in [0.1, 0.15) is 29.6 Å². The van der Waals surface area contributed by atoms with Crippen molar-refractivity contribution in [3.63, 3.8) is 0 Å². The van der Waals surface area contributed by atoms with Crippen LogP contribution in [0.3, 0.4) is 0 Å². The quantitative estimate of drug-likeness (QED) is 0.515. The molecule has 0 aliphatic carbocycles. The maximum absolute atomic E-state index is 12.9. The van der Waals surface area contributed by atoms with E-state index in [1.165, 1.54) is 11.3 Å². The van der Waals surface area contributed by atoms with Crippen LogP contribution in [0, 0.1) is 6.92 Å². The molecule has 158 valence electrons. The van der Waals surface area contributed by atoms with Gasteiger partial charge in [-0.25, -0.2) is 15.0 Å². The minimum absolute atomic E-state index is 0.138. The Hall–Kier alpha value is -3.01. The largest absolute Gasteiger partial charge is 0.466 e. The van der Waals surface area contributed by atoms with Crippen molar-refractivity contribution >= 4 is 28.9 Å². The molecule has 6 nitrogen and oxygen atoms in total. The van der Waals surface area contributed by atoms with E-state index in [0.29, 0.717) is 18.7 Å². The predicted molar refractivity (Wildman–Crippen MR) is 108 cm³/mol. The van der Waals surface area contributed by atoms with Gasteiger partial charge in [0.1, 0.15) is 5.69 Å². The Balaban J connectivity index is 1.77. The van der Waals surface area contributed by atoms with Crippen molar-refractivity contribution in [1.29, 1.82) is 0 Å². The molecule has 30 heavy (non-hydrogen) atoms.